The molecule has 96 valence electrons. The third kappa shape index (κ3) is 3.78. The van der Waals surface area contributed by atoms with Crippen LogP contribution >= 0.6 is 11.3 Å². The van der Waals surface area contributed by atoms with Crippen LogP contribution in [0.15, 0.2) is 11.6 Å². The van der Waals surface area contributed by atoms with Gasteiger partial charge >= 0.3 is 0 Å². The van der Waals surface area contributed by atoms with Crippen LogP contribution in [0.2, 0.25) is 0 Å². The minimum absolute atomic E-state index is 0.607. The first-order valence-corrected chi connectivity index (χ1v) is 7.70. The minimum Gasteiger partial charge on any atom is -0.297 e. The van der Waals surface area contributed by atoms with Gasteiger partial charge in [0.1, 0.15) is 5.01 Å². The van der Waals surface area contributed by atoms with Crippen molar-refractivity contribution in [2.75, 3.05) is 13.1 Å². The Balaban J connectivity index is 1.77. The molecule has 0 radical (unpaired) electrons. The lowest BCUT2D eigenvalue weighted by Gasteiger charge is -2.39. The van der Waals surface area contributed by atoms with Crippen molar-refractivity contribution in [2.45, 2.75) is 52.5 Å². The molecule has 17 heavy (non-hydrogen) atoms. The molecule has 0 spiro atoms. The average molecular weight is 252 g/mol. The van der Waals surface area contributed by atoms with Gasteiger partial charge in [0.05, 0.1) is 6.54 Å². The average Bonchev–Trinajstić information content (AvgIpc) is 2.83. The summed E-state index contributed by atoms with van der Waals surface area (Å²) in [5.74, 6) is 0. The van der Waals surface area contributed by atoms with Gasteiger partial charge in [-0.2, -0.15) is 0 Å². The van der Waals surface area contributed by atoms with Gasteiger partial charge in [0.2, 0.25) is 0 Å². The Kier molecular flexibility index (Phi) is 4.57. The fourth-order valence-electron chi connectivity index (χ4n) is 2.63. The summed E-state index contributed by atoms with van der Waals surface area (Å²) in [5.41, 5.74) is 0.607. The summed E-state index contributed by atoms with van der Waals surface area (Å²) in [6.07, 6.45) is 8.77. The first-order chi connectivity index (χ1) is 8.22. The zero-order valence-electron chi connectivity index (χ0n) is 11.1. The van der Waals surface area contributed by atoms with Crippen LogP contribution in [-0.2, 0) is 6.54 Å². The molecule has 0 unspecified atom stereocenters. The van der Waals surface area contributed by atoms with E-state index >= 15 is 0 Å². The van der Waals surface area contributed by atoms with Gasteiger partial charge in [-0.25, -0.2) is 4.98 Å². The largest absolute Gasteiger partial charge is 0.297 e. The lowest BCUT2D eigenvalue weighted by molar-refractivity contribution is 0.103. The molecule has 0 bridgehead atoms. The molecule has 0 saturated carbocycles. The smallest absolute Gasteiger partial charge is 0.107 e. The molecule has 1 aromatic rings. The fraction of sp³-hybridized carbons (Fsp3) is 0.786. The Morgan fingerprint density at radius 1 is 1.41 bits per heavy atom. The van der Waals surface area contributed by atoms with E-state index in [1.54, 1.807) is 11.3 Å². The predicted molar refractivity (Wildman–Crippen MR) is 74.3 cm³/mol. The zero-order valence-corrected chi connectivity index (χ0v) is 11.9. The Hall–Kier alpha value is -0.410. The van der Waals surface area contributed by atoms with Gasteiger partial charge in [-0.1, -0.05) is 26.7 Å². The number of likely N-dealkylation sites (tertiary alicyclic amines) is 1. The Morgan fingerprint density at radius 2 is 2.18 bits per heavy atom. The molecule has 2 heterocycles. The van der Waals surface area contributed by atoms with Crippen molar-refractivity contribution in [3.05, 3.63) is 16.6 Å². The molecule has 2 nitrogen and oxygen atoms in total. The molecule has 1 aliphatic rings. The standard InChI is InChI=1S/C14H24N2S/c1-3-4-5-14(2)6-9-16(10-7-14)12-13-15-8-11-17-13/h8,11H,3-7,9-10,12H2,1-2H3. The van der Waals surface area contributed by atoms with Crippen LogP contribution in [0.1, 0.15) is 51.0 Å². The quantitative estimate of drug-likeness (QED) is 0.789. The SMILES string of the molecule is CCCCC1(C)CCN(Cc2nccs2)CC1. The van der Waals surface area contributed by atoms with Gasteiger partial charge in [0, 0.05) is 11.6 Å². The number of hydrogen-bond donors (Lipinski definition) is 0. The van der Waals surface area contributed by atoms with E-state index in [9.17, 15) is 0 Å². The monoisotopic (exact) mass is 252 g/mol. The highest BCUT2D eigenvalue weighted by atomic mass is 32.1. The number of rotatable bonds is 5. The van der Waals surface area contributed by atoms with Crippen molar-refractivity contribution < 1.29 is 0 Å². The molecular weight excluding hydrogens is 228 g/mol. The third-order valence-corrected chi connectivity index (χ3v) is 4.80. The van der Waals surface area contributed by atoms with Gasteiger partial charge in [-0.05, 0) is 37.8 Å². The maximum atomic E-state index is 4.37. The maximum absolute atomic E-state index is 4.37. The van der Waals surface area contributed by atoms with Gasteiger partial charge in [0.25, 0.3) is 0 Å². The molecular formula is C14H24N2S. The third-order valence-electron chi connectivity index (χ3n) is 4.04. The number of aromatic nitrogens is 1. The summed E-state index contributed by atoms with van der Waals surface area (Å²) in [6.45, 7) is 8.32. The van der Waals surface area contributed by atoms with E-state index < -0.39 is 0 Å². The highest BCUT2D eigenvalue weighted by Gasteiger charge is 2.29. The van der Waals surface area contributed by atoms with E-state index in [0.717, 1.165) is 6.54 Å². The second kappa shape index (κ2) is 5.96. The van der Waals surface area contributed by atoms with E-state index in [4.69, 9.17) is 0 Å². The van der Waals surface area contributed by atoms with E-state index in [1.165, 1.54) is 50.2 Å². The van der Waals surface area contributed by atoms with Crippen molar-refractivity contribution in [3.63, 3.8) is 0 Å². The lowest BCUT2D eigenvalue weighted by Crippen LogP contribution is -2.38. The van der Waals surface area contributed by atoms with Crippen LogP contribution in [0, 0.1) is 5.41 Å². The fourth-order valence-corrected chi connectivity index (χ4v) is 3.28. The topological polar surface area (TPSA) is 16.1 Å². The van der Waals surface area contributed by atoms with Crippen LogP contribution in [0.3, 0.4) is 0 Å². The molecule has 1 saturated heterocycles. The van der Waals surface area contributed by atoms with Gasteiger partial charge in [0.15, 0.2) is 0 Å². The van der Waals surface area contributed by atoms with Gasteiger partial charge in [-0.15, -0.1) is 11.3 Å². The van der Waals surface area contributed by atoms with E-state index in [2.05, 4.69) is 29.1 Å². The predicted octanol–water partition coefficient (Wildman–Crippen LogP) is 3.94. The molecule has 1 fully saturated rings. The van der Waals surface area contributed by atoms with E-state index in [-0.39, 0.29) is 0 Å². The first kappa shape index (κ1) is 13.0. The van der Waals surface area contributed by atoms with Crippen molar-refractivity contribution in [3.8, 4) is 0 Å². The van der Waals surface area contributed by atoms with Crippen LogP contribution in [0.4, 0.5) is 0 Å². The molecule has 0 atom stereocenters. The number of hydrogen-bond acceptors (Lipinski definition) is 3. The van der Waals surface area contributed by atoms with Crippen LogP contribution < -0.4 is 0 Å². The maximum Gasteiger partial charge on any atom is 0.107 e. The van der Waals surface area contributed by atoms with Crippen molar-refractivity contribution >= 4 is 11.3 Å². The summed E-state index contributed by atoms with van der Waals surface area (Å²) < 4.78 is 0. The highest BCUT2D eigenvalue weighted by molar-refractivity contribution is 7.09. The van der Waals surface area contributed by atoms with Crippen molar-refractivity contribution in [1.82, 2.24) is 9.88 Å². The molecule has 0 aromatic carbocycles. The van der Waals surface area contributed by atoms with Crippen LogP contribution in [-0.4, -0.2) is 23.0 Å². The molecule has 2 rings (SSSR count). The van der Waals surface area contributed by atoms with Crippen LogP contribution in [0.25, 0.3) is 0 Å². The summed E-state index contributed by atoms with van der Waals surface area (Å²) in [4.78, 5) is 6.94. The van der Waals surface area contributed by atoms with Crippen molar-refractivity contribution in [2.24, 2.45) is 5.41 Å². The molecule has 0 N–H and O–H groups in total. The number of nitrogens with zero attached hydrogens (tertiary/aromatic N) is 2. The van der Waals surface area contributed by atoms with Gasteiger partial charge < -0.3 is 0 Å². The summed E-state index contributed by atoms with van der Waals surface area (Å²) in [6, 6.07) is 0. The Morgan fingerprint density at radius 3 is 2.76 bits per heavy atom. The summed E-state index contributed by atoms with van der Waals surface area (Å²) in [7, 11) is 0. The molecule has 1 aliphatic heterocycles. The molecule has 3 heteroatoms. The first-order valence-electron chi connectivity index (χ1n) is 6.82. The number of unbranched alkanes of at least 4 members (excludes halogenated alkanes) is 1. The Bertz CT molecular complexity index is 313. The number of piperidine rings is 1. The lowest BCUT2D eigenvalue weighted by atomic mass is 9.76. The minimum atomic E-state index is 0.607. The number of thiazole rings is 1. The second-order valence-corrected chi connectivity index (χ2v) is 6.60. The molecule has 0 aliphatic carbocycles. The highest BCUT2D eigenvalue weighted by Crippen LogP contribution is 2.36. The van der Waals surface area contributed by atoms with Gasteiger partial charge in [-0.3, -0.25) is 4.90 Å². The van der Waals surface area contributed by atoms with Crippen molar-refractivity contribution in [1.29, 1.82) is 0 Å². The van der Waals surface area contributed by atoms with E-state index in [1.807, 2.05) is 6.20 Å². The van der Waals surface area contributed by atoms with E-state index in [0.29, 0.717) is 5.41 Å². The summed E-state index contributed by atoms with van der Waals surface area (Å²) in [5, 5.41) is 3.34. The van der Waals surface area contributed by atoms with Crippen LogP contribution in [0.5, 0.6) is 0 Å². The summed E-state index contributed by atoms with van der Waals surface area (Å²) >= 11 is 1.78. The normalized spacial score (nSPS) is 20.6. The second-order valence-electron chi connectivity index (χ2n) is 5.62. The Labute approximate surface area is 109 Å². The zero-order chi connectivity index (χ0) is 12.1. The molecule has 1 aromatic heterocycles. The molecule has 0 amide bonds.